The third kappa shape index (κ3) is 11.8. The average Bonchev–Trinajstić information content (AvgIpc) is 2.26. The molecule has 0 saturated carbocycles. The molecule has 0 heterocycles. The fourth-order valence-corrected chi connectivity index (χ4v) is 1.41. The molecule has 15 heavy (non-hydrogen) atoms. The minimum atomic E-state index is -0.116. The van der Waals surface area contributed by atoms with Crippen molar-refractivity contribution >= 4 is 0 Å². The van der Waals surface area contributed by atoms with Gasteiger partial charge in [-0.1, -0.05) is 39.0 Å². The molecule has 0 aromatic rings. The van der Waals surface area contributed by atoms with Gasteiger partial charge in [0.1, 0.15) is 0 Å². The summed E-state index contributed by atoms with van der Waals surface area (Å²) in [5, 5.41) is 8.68. The van der Waals surface area contributed by atoms with Crippen LogP contribution in [0.25, 0.3) is 0 Å². The molecular weight excluding hydrogens is 190 g/mol. The van der Waals surface area contributed by atoms with Crippen LogP contribution >= 0.6 is 0 Å². The first-order chi connectivity index (χ1) is 7.31. The van der Waals surface area contributed by atoms with Gasteiger partial charge in [-0.05, 0) is 12.8 Å². The molecule has 0 spiro atoms. The van der Waals surface area contributed by atoms with E-state index in [1.807, 2.05) is 0 Å². The van der Waals surface area contributed by atoms with Crippen LogP contribution in [0, 0.1) is 0 Å². The number of aliphatic hydroxyl groups excluding tert-OH is 1. The average molecular weight is 217 g/mol. The molecule has 92 valence electrons. The first-order valence-electron chi connectivity index (χ1n) is 6.25. The van der Waals surface area contributed by atoms with E-state index in [0.717, 1.165) is 19.4 Å². The first kappa shape index (κ1) is 14.9. The Bertz CT molecular complexity index is 120. The highest BCUT2D eigenvalue weighted by Gasteiger charge is 1.98. The summed E-state index contributed by atoms with van der Waals surface area (Å²) < 4.78 is 5.42. The molecular formula is C12H27NO2. The van der Waals surface area contributed by atoms with Gasteiger partial charge in [0.2, 0.25) is 0 Å². The van der Waals surface area contributed by atoms with E-state index < -0.39 is 0 Å². The van der Waals surface area contributed by atoms with Crippen LogP contribution in [0.2, 0.25) is 0 Å². The highest BCUT2D eigenvalue weighted by atomic mass is 16.5. The van der Waals surface area contributed by atoms with Crippen LogP contribution in [-0.2, 0) is 4.74 Å². The lowest BCUT2D eigenvalue weighted by molar-refractivity contribution is 0.116. The van der Waals surface area contributed by atoms with E-state index in [1.165, 1.54) is 32.1 Å². The summed E-state index contributed by atoms with van der Waals surface area (Å²) in [7, 11) is 0. The lowest BCUT2D eigenvalue weighted by Crippen LogP contribution is -2.25. The Morgan fingerprint density at radius 1 is 1.07 bits per heavy atom. The van der Waals surface area contributed by atoms with Gasteiger partial charge in [0.15, 0.2) is 0 Å². The number of rotatable bonds is 11. The van der Waals surface area contributed by atoms with Gasteiger partial charge in [-0.15, -0.1) is 0 Å². The van der Waals surface area contributed by atoms with Gasteiger partial charge < -0.3 is 15.6 Å². The summed E-state index contributed by atoms with van der Waals surface area (Å²) in [5.41, 5.74) is 5.54. The van der Waals surface area contributed by atoms with E-state index in [1.54, 1.807) is 0 Å². The third-order valence-electron chi connectivity index (χ3n) is 2.51. The first-order valence-corrected chi connectivity index (χ1v) is 6.25. The zero-order valence-corrected chi connectivity index (χ0v) is 10.1. The Hall–Kier alpha value is -0.120. The molecule has 0 amide bonds. The summed E-state index contributed by atoms with van der Waals surface area (Å²) in [6, 6.07) is -0.116. The molecule has 3 N–H and O–H groups in total. The maximum atomic E-state index is 8.68. The molecule has 0 radical (unpaired) electrons. The molecule has 0 aliphatic carbocycles. The number of ether oxygens (including phenoxy) is 1. The van der Waals surface area contributed by atoms with Crippen LogP contribution in [0.5, 0.6) is 0 Å². The molecule has 0 saturated heterocycles. The number of unbranched alkanes of at least 4 members (excludes halogenated alkanes) is 5. The van der Waals surface area contributed by atoms with Crippen LogP contribution in [0.4, 0.5) is 0 Å². The topological polar surface area (TPSA) is 55.5 Å². The predicted molar refractivity (Wildman–Crippen MR) is 63.9 cm³/mol. The quantitative estimate of drug-likeness (QED) is 0.521. The van der Waals surface area contributed by atoms with Gasteiger partial charge in [-0.2, -0.15) is 0 Å². The highest BCUT2D eigenvalue weighted by Crippen LogP contribution is 2.04. The van der Waals surface area contributed by atoms with E-state index in [4.69, 9.17) is 15.6 Å². The third-order valence-corrected chi connectivity index (χ3v) is 2.51. The summed E-state index contributed by atoms with van der Waals surface area (Å²) >= 11 is 0. The van der Waals surface area contributed by atoms with Crippen molar-refractivity contribution in [2.45, 2.75) is 57.9 Å². The maximum Gasteiger partial charge on any atom is 0.0583 e. The summed E-state index contributed by atoms with van der Waals surface area (Å²) in [4.78, 5) is 0. The van der Waals surface area contributed by atoms with Crippen LogP contribution in [0.1, 0.15) is 51.9 Å². The molecule has 3 heteroatoms. The zero-order chi connectivity index (χ0) is 11.4. The standard InChI is InChI=1S/C12H27NO2/c1-2-3-4-5-6-7-9-15-10-8-12(13)11-14/h12,14H,2-11,13H2,1H3. The second-order valence-electron chi connectivity index (χ2n) is 4.11. The van der Waals surface area contributed by atoms with Gasteiger partial charge in [0.25, 0.3) is 0 Å². The minimum absolute atomic E-state index is 0.0559. The SMILES string of the molecule is CCCCCCCCOCCC(N)CO. The monoisotopic (exact) mass is 217 g/mol. The van der Waals surface area contributed by atoms with Crippen molar-refractivity contribution in [2.75, 3.05) is 19.8 Å². The molecule has 1 atom stereocenters. The minimum Gasteiger partial charge on any atom is -0.395 e. The summed E-state index contributed by atoms with van der Waals surface area (Å²) in [6.07, 6.45) is 8.51. The highest BCUT2D eigenvalue weighted by molar-refractivity contribution is 4.56. The van der Waals surface area contributed by atoms with Crippen LogP contribution in [-0.4, -0.2) is 31.0 Å². The Morgan fingerprint density at radius 2 is 1.73 bits per heavy atom. The molecule has 0 aliphatic rings. The number of nitrogens with two attached hydrogens (primary N) is 1. The summed E-state index contributed by atoms with van der Waals surface area (Å²) in [6.45, 7) is 3.80. The zero-order valence-electron chi connectivity index (χ0n) is 10.1. The Kier molecular flexibility index (Phi) is 11.9. The van der Waals surface area contributed by atoms with E-state index in [0.29, 0.717) is 6.61 Å². The molecule has 3 nitrogen and oxygen atoms in total. The smallest absolute Gasteiger partial charge is 0.0583 e. The fraction of sp³-hybridized carbons (Fsp3) is 1.00. The molecule has 0 aromatic heterocycles. The Labute approximate surface area is 94.0 Å². The molecule has 0 bridgehead atoms. The van der Waals surface area contributed by atoms with Crippen molar-refractivity contribution in [1.82, 2.24) is 0 Å². The lowest BCUT2D eigenvalue weighted by atomic mass is 10.1. The van der Waals surface area contributed by atoms with E-state index in [-0.39, 0.29) is 12.6 Å². The van der Waals surface area contributed by atoms with Crippen molar-refractivity contribution < 1.29 is 9.84 Å². The normalized spacial score (nSPS) is 13.0. The summed E-state index contributed by atoms with van der Waals surface area (Å²) in [5.74, 6) is 0. The number of hydrogen-bond acceptors (Lipinski definition) is 3. The van der Waals surface area contributed by atoms with Gasteiger partial charge in [-0.3, -0.25) is 0 Å². The predicted octanol–water partition coefficient (Wildman–Crippen LogP) is 2.07. The van der Waals surface area contributed by atoms with E-state index in [9.17, 15) is 0 Å². The van der Waals surface area contributed by atoms with Crippen molar-refractivity contribution in [3.05, 3.63) is 0 Å². The number of hydrogen-bond donors (Lipinski definition) is 2. The van der Waals surface area contributed by atoms with Crippen LogP contribution in [0.15, 0.2) is 0 Å². The molecule has 0 rings (SSSR count). The lowest BCUT2D eigenvalue weighted by Gasteiger charge is -2.08. The van der Waals surface area contributed by atoms with Crippen molar-refractivity contribution in [1.29, 1.82) is 0 Å². The van der Waals surface area contributed by atoms with Crippen LogP contribution < -0.4 is 5.73 Å². The second kappa shape index (κ2) is 12.0. The van der Waals surface area contributed by atoms with Crippen molar-refractivity contribution in [2.24, 2.45) is 5.73 Å². The molecule has 0 aliphatic heterocycles. The Morgan fingerprint density at radius 3 is 2.40 bits per heavy atom. The van der Waals surface area contributed by atoms with Crippen molar-refractivity contribution in [3.8, 4) is 0 Å². The molecule has 0 fully saturated rings. The molecule has 1 unspecified atom stereocenters. The maximum absolute atomic E-state index is 8.68. The van der Waals surface area contributed by atoms with Crippen LogP contribution in [0.3, 0.4) is 0 Å². The van der Waals surface area contributed by atoms with E-state index >= 15 is 0 Å². The van der Waals surface area contributed by atoms with Gasteiger partial charge in [0.05, 0.1) is 6.61 Å². The second-order valence-corrected chi connectivity index (χ2v) is 4.11. The Balaban J connectivity index is 2.92. The molecule has 0 aromatic carbocycles. The van der Waals surface area contributed by atoms with Gasteiger partial charge in [-0.25, -0.2) is 0 Å². The van der Waals surface area contributed by atoms with E-state index in [2.05, 4.69) is 6.92 Å². The van der Waals surface area contributed by atoms with Gasteiger partial charge >= 0.3 is 0 Å². The largest absolute Gasteiger partial charge is 0.395 e. The van der Waals surface area contributed by atoms with Crippen molar-refractivity contribution in [3.63, 3.8) is 0 Å². The fourth-order valence-electron chi connectivity index (χ4n) is 1.41. The van der Waals surface area contributed by atoms with Gasteiger partial charge in [0, 0.05) is 19.3 Å². The number of aliphatic hydroxyl groups is 1.